The maximum absolute atomic E-state index is 12.0. The maximum Gasteiger partial charge on any atom is 0.239 e. The van der Waals surface area contributed by atoms with Gasteiger partial charge in [0.2, 0.25) is 5.91 Å². The number of pyridine rings is 1. The van der Waals surface area contributed by atoms with E-state index in [0.717, 1.165) is 11.3 Å². The summed E-state index contributed by atoms with van der Waals surface area (Å²) in [5.41, 5.74) is 3.29. The summed E-state index contributed by atoms with van der Waals surface area (Å²) in [6, 6.07) is 11.9. The van der Waals surface area contributed by atoms with Crippen molar-refractivity contribution in [2.75, 3.05) is 11.9 Å². The van der Waals surface area contributed by atoms with E-state index in [9.17, 15) is 4.79 Å². The predicted octanol–water partition coefficient (Wildman–Crippen LogP) is 3.11. The van der Waals surface area contributed by atoms with Gasteiger partial charge < -0.3 is 10.6 Å². The summed E-state index contributed by atoms with van der Waals surface area (Å²) in [6.07, 6.45) is 3.44. The van der Waals surface area contributed by atoms with Crippen LogP contribution in [0.15, 0.2) is 48.8 Å². The molecule has 0 radical (unpaired) electrons. The van der Waals surface area contributed by atoms with Crippen molar-refractivity contribution in [2.24, 2.45) is 0 Å². The molecular formula is C18H23N3O. The van der Waals surface area contributed by atoms with E-state index in [-0.39, 0.29) is 17.9 Å². The summed E-state index contributed by atoms with van der Waals surface area (Å²) >= 11 is 0. The molecule has 0 saturated heterocycles. The molecule has 1 aromatic carbocycles. The van der Waals surface area contributed by atoms with Crippen molar-refractivity contribution < 1.29 is 4.79 Å². The minimum Gasteiger partial charge on any atom is -0.376 e. The lowest BCUT2D eigenvalue weighted by molar-refractivity contribution is -0.119. The van der Waals surface area contributed by atoms with Crippen LogP contribution in [0.3, 0.4) is 0 Å². The van der Waals surface area contributed by atoms with Gasteiger partial charge in [-0.2, -0.15) is 0 Å². The fourth-order valence-corrected chi connectivity index (χ4v) is 2.23. The molecule has 0 aliphatic rings. The van der Waals surface area contributed by atoms with E-state index < -0.39 is 0 Å². The van der Waals surface area contributed by atoms with Crippen molar-refractivity contribution in [2.45, 2.75) is 32.7 Å². The van der Waals surface area contributed by atoms with E-state index in [0.29, 0.717) is 6.54 Å². The number of hydrogen-bond acceptors (Lipinski definition) is 3. The lowest BCUT2D eigenvalue weighted by Crippen LogP contribution is -2.30. The molecule has 4 heteroatoms. The highest BCUT2D eigenvalue weighted by atomic mass is 16.1. The van der Waals surface area contributed by atoms with Gasteiger partial charge in [0.05, 0.1) is 6.54 Å². The summed E-state index contributed by atoms with van der Waals surface area (Å²) < 4.78 is 0. The molecule has 1 amide bonds. The van der Waals surface area contributed by atoms with Gasteiger partial charge in [-0.3, -0.25) is 9.78 Å². The molecule has 2 N–H and O–H groups in total. The Morgan fingerprint density at radius 2 is 1.77 bits per heavy atom. The Labute approximate surface area is 132 Å². The molecule has 0 unspecified atom stereocenters. The molecule has 0 spiro atoms. The number of amides is 1. The number of carbonyl (C=O) groups excluding carboxylic acids is 1. The molecule has 116 valence electrons. The molecule has 22 heavy (non-hydrogen) atoms. The molecule has 0 bridgehead atoms. The van der Waals surface area contributed by atoms with Gasteiger partial charge in [-0.1, -0.05) is 39.0 Å². The van der Waals surface area contributed by atoms with Crippen molar-refractivity contribution in [3.63, 3.8) is 0 Å². The van der Waals surface area contributed by atoms with Gasteiger partial charge in [-0.05, 0) is 34.7 Å². The van der Waals surface area contributed by atoms with E-state index >= 15 is 0 Å². The summed E-state index contributed by atoms with van der Waals surface area (Å²) in [5.74, 6) is -0.0273. The lowest BCUT2D eigenvalue weighted by atomic mass is 9.86. The molecule has 4 nitrogen and oxygen atoms in total. The molecule has 2 aromatic rings. The number of hydrogen-bond donors (Lipinski definition) is 2. The van der Waals surface area contributed by atoms with Crippen LogP contribution >= 0.6 is 0 Å². The van der Waals surface area contributed by atoms with E-state index in [2.05, 4.69) is 42.5 Å². The first kappa shape index (κ1) is 16.0. The quantitative estimate of drug-likeness (QED) is 0.891. The molecule has 0 aliphatic carbocycles. The van der Waals surface area contributed by atoms with Crippen LogP contribution in [0, 0.1) is 0 Å². The second kappa shape index (κ2) is 7.07. The predicted molar refractivity (Wildman–Crippen MR) is 89.7 cm³/mol. The number of para-hydroxylation sites is 1. The number of nitrogens with zero attached hydrogens (tertiary/aromatic N) is 1. The third-order valence-corrected chi connectivity index (χ3v) is 3.41. The highest BCUT2D eigenvalue weighted by molar-refractivity contribution is 5.81. The van der Waals surface area contributed by atoms with Crippen LogP contribution in [0.1, 0.15) is 31.9 Å². The van der Waals surface area contributed by atoms with Gasteiger partial charge in [0.15, 0.2) is 0 Å². The molecular weight excluding hydrogens is 274 g/mol. The highest BCUT2D eigenvalue weighted by Crippen LogP contribution is 2.28. The second-order valence-electron chi connectivity index (χ2n) is 6.28. The van der Waals surface area contributed by atoms with Gasteiger partial charge >= 0.3 is 0 Å². The maximum atomic E-state index is 12.0. The van der Waals surface area contributed by atoms with Gasteiger partial charge in [0.25, 0.3) is 0 Å². The Bertz CT molecular complexity index is 618. The number of rotatable bonds is 5. The average Bonchev–Trinajstić information content (AvgIpc) is 2.51. The first-order chi connectivity index (χ1) is 10.5. The number of anilines is 1. The van der Waals surface area contributed by atoms with E-state index in [1.54, 1.807) is 12.4 Å². The number of aromatic nitrogens is 1. The second-order valence-corrected chi connectivity index (χ2v) is 6.28. The van der Waals surface area contributed by atoms with Crippen LogP contribution in [0.4, 0.5) is 5.69 Å². The topological polar surface area (TPSA) is 54.0 Å². The SMILES string of the molecule is CC(C)(C)c1ccccc1NCC(=O)NCc1ccncc1. The zero-order valence-electron chi connectivity index (χ0n) is 13.4. The summed E-state index contributed by atoms with van der Waals surface area (Å²) in [4.78, 5) is 15.9. The molecule has 1 aromatic heterocycles. The Kier molecular flexibility index (Phi) is 5.15. The monoisotopic (exact) mass is 297 g/mol. The van der Waals surface area contributed by atoms with Gasteiger partial charge in [0, 0.05) is 24.6 Å². The molecule has 0 fully saturated rings. The fourth-order valence-electron chi connectivity index (χ4n) is 2.23. The molecule has 0 atom stereocenters. The molecule has 0 aliphatic heterocycles. The lowest BCUT2D eigenvalue weighted by Gasteiger charge is -2.23. The smallest absolute Gasteiger partial charge is 0.239 e. The number of benzene rings is 1. The van der Waals surface area contributed by atoms with Crippen molar-refractivity contribution >= 4 is 11.6 Å². The van der Waals surface area contributed by atoms with Crippen molar-refractivity contribution in [3.05, 3.63) is 59.9 Å². The molecule has 2 rings (SSSR count). The van der Waals surface area contributed by atoms with Crippen LogP contribution in [0.5, 0.6) is 0 Å². The van der Waals surface area contributed by atoms with Gasteiger partial charge in [0.1, 0.15) is 0 Å². The van der Waals surface area contributed by atoms with Crippen molar-refractivity contribution in [1.82, 2.24) is 10.3 Å². The normalized spacial score (nSPS) is 11.0. The first-order valence-corrected chi connectivity index (χ1v) is 7.46. The number of carbonyl (C=O) groups is 1. The van der Waals surface area contributed by atoms with Crippen molar-refractivity contribution in [3.8, 4) is 0 Å². The standard InChI is InChI=1S/C18H23N3O/c1-18(2,3)15-6-4-5-7-16(15)20-13-17(22)21-12-14-8-10-19-11-9-14/h4-11,20H,12-13H2,1-3H3,(H,21,22). The Hall–Kier alpha value is -2.36. The average molecular weight is 297 g/mol. The number of nitrogens with one attached hydrogen (secondary N) is 2. The third kappa shape index (κ3) is 4.58. The minimum atomic E-state index is -0.0273. The Morgan fingerprint density at radius 3 is 2.45 bits per heavy atom. The van der Waals surface area contributed by atoms with E-state index in [4.69, 9.17) is 0 Å². The summed E-state index contributed by atoms with van der Waals surface area (Å²) in [6.45, 7) is 7.27. The van der Waals surface area contributed by atoms with Crippen molar-refractivity contribution in [1.29, 1.82) is 0 Å². The van der Waals surface area contributed by atoms with Crippen LogP contribution in [0.2, 0.25) is 0 Å². The van der Waals surface area contributed by atoms with Crippen LogP contribution < -0.4 is 10.6 Å². The fraction of sp³-hybridized carbons (Fsp3) is 0.333. The van der Waals surface area contributed by atoms with Crippen LogP contribution in [0.25, 0.3) is 0 Å². The van der Waals surface area contributed by atoms with Gasteiger partial charge in [-0.25, -0.2) is 0 Å². The van der Waals surface area contributed by atoms with Crippen LogP contribution in [-0.2, 0) is 16.8 Å². The molecule has 1 heterocycles. The van der Waals surface area contributed by atoms with E-state index in [1.807, 2.05) is 30.3 Å². The minimum absolute atomic E-state index is 0.0273. The highest BCUT2D eigenvalue weighted by Gasteiger charge is 2.17. The third-order valence-electron chi connectivity index (χ3n) is 3.41. The summed E-state index contributed by atoms with van der Waals surface area (Å²) in [5, 5.41) is 6.13. The zero-order valence-corrected chi connectivity index (χ0v) is 13.4. The molecule has 0 saturated carbocycles. The zero-order chi connectivity index (χ0) is 16.0. The van der Waals surface area contributed by atoms with Gasteiger partial charge in [-0.15, -0.1) is 0 Å². The Morgan fingerprint density at radius 1 is 1.09 bits per heavy atom. The Balaban J connectivity index is 1.89. The summed E-state index contributed by atoms with van der Waals surface area (Å²) in [7, 11) is 0. The first-order valence-electron chi connectivity index (χ1n) is 7.46. The van der Waals surface area contributed by atoms with E-state index in [1.165, 1.54) is 5.56 Å². The van der Waals surface area contributed by atoms with Crippen LogP contribution in [-0.4, -0.2) is 17.4 Å². The largest absolute Gasteiger partial charge is 0.376 e.